The van der Waals surface area contributed by atoms with Crippen LogP contribution in [0.3, 0.4) is 0 Å². The number of carbonyl (C=O) groups is 4. The smallest absolute Gasteiger partial charge is 0.335 e. The van der Waals surface area contributed by atoms with Crippen LogP contribution < -0.4 is 4.74 Å². The second kappa shape index (κ2) is 20.7. The molecule has 0 unspecified atom stereocenters. The van der Waals surface area contributed by atoms with Gasteiger partial charge in [-0.1, -0.05) is 91.0 Å². The van der Waals surface area contributed by atoms with E-state index >= 15 is 0 Å². The van der Waals surface area contributed by atoms with Crippen LogP contribution in [0.15, 0.2) is 158 Å². The highest BCUT2D eigenvalue weighted by molar-refractivity contribution is 5.93. The predicted octanol–water partition coefficient (Wildman–Crippen LogP) is 7.54. The summed E-state index contributed by atoms with van der Waals surface area (Å²) in [6.07, 6.45) is 1.10. The third-order valence-corrected chi connectivity index (χ3v) is 7.25. The first-order valence-electron chi connectivity index (χ1n) is 16.4. The van der Waals surface area contributed by atoms with Gasteiger partial charge in [0.1, 0.15) is 11.5 Å². The Labute approximate surface area is 316 Å². The van der Waals surface area contributed by atoms with Gasteiger partial charge in [0.25, 0.3) is 0 Å². The van der Waals surface area contributed by atoms with Gasteiger partial charge < -0.3 is 40.5 Å². The van der Waals surface area contributed by atoms with Gasteiger partial charge in [-0.25, -0.2) is 19.2 Å². The number of hydrogen-bond donors (Lipinski definition) is 7. The summed E-state index contributed by atoms with van der Waals surface area (Å²) in [6.45, 7) is 1.15. The van der Waals surface area contributed by atoms with Gasteiger partial charge in [-0.15, -0.1) is 0 Å². The average Bonchev–Trinajstić information content (AvgIpc) is 3.55. The molecule has 1 aliphatic rings. The second-order valence-electron chi connectivity index (χ2n) is 11.6. The summed E-state index contributed by atoms with van der Waals surface area (Å²) in [7, 11) is 0. The lowest BCUT2D eigenvalue weighted by Gasteiger charge is -2.17. The summed E-state index contributed by atoms with van der Waals surface area (Å²) in [6, 6.07) is 44.8. The van der Waals surface area contributed by atoms with Gasteiger partial charge in [0, 0.05) is 6.92 Å². The largest absolute Gasteiger partial charge is 0.508 e. The minimum atomic E-state index is -2.10. The number of carboxylic acids is 4. The number of para-hydroxylation sites is 2. The Hall–Kier alpha value is -7.28. The first-order valence-corrected chi connectivity index (χ1v) is 16.4. The fourth-order valence-electron chi connectivity index (χ4n) is 4.76. The molecule has 0 saturated carbocycles. The van der Waals surface area contributed by atoms with Crippen molar-refractivity contribution in [1.82, 2.24) is 0 Å². The molecular formula is C43H38O12. The molecule has 0 spiro atoms. The standard InChI is InChI=1S/C13H10.2C8H6O4.C8H10O3.C6H6O/c1-3-7-12-10(5-1)9-11-6-2-4-8-13(11)12;9-7(10)5-1-2-6(4-3-5)8(11)12;9-7(10)5-2-1-3-6(4-5)8(11)12;1-8(9,10)11-7-5-3-2-4-6-7;7-6-4-2-1-3-5-6/h1-8H,9H2;2*1-4H,(H,9,10)(H,11,12);2-6,9-10H,1H3;1-5,7H. The average molecular weight is 747 g/mol. The van der Waals surface area contributed by atoms with Crippen molar-refractivity contribution in [2.75, 3.05) is 0 Å². The minimum absolute atomic E-state index is 0.0186. The van der Waals surface area contributed by atoms with Crippen LogP contribution in [0, 0.1) is 0 Å². The zero-order valence-electron chi connectivity index (χ0n) is 29.4. The first-order chi connectivity index (χ1) is 26.1. The number of benzene rings is 6. The number of ether oxygens (including phenoxy) is 1. The number of fused-ring (bicyclic) bond motifs is 3. The van der Waals surface area contributed by atoms with Crippen LogP contribution in [0.5, 0.6) is 11.5 Å². The van der Waals surface area contributed by atoms with Crippen molar-refractivity contribution in [3.05, 3.63) is 191 Å². The van der Waals surface area contributed by atoms with Gasteiger partial charge in [-0.3, -0.25) is 0 Å². The summed E-state index contributed by atoms with van der Waals surface area (Å²) >= 11 is 0. The molecule has 12 heteroatoms. The molecule has 0 radical (unpaired) electrons. The molecule has 0 aliphatic heterocycles. The fraction of sp³-hybridized carbons (Fsp3) is 0.0698. The molecule has 6 aromatic carbocycles. The lowest BCUT2D eigenvalue weighted by atomic mass is 10.1. The Balaban J connectivity index is 0.000000187. The van der Waals surface area contributed by atoms with Gasteiger partial charge in [0.15, 0.2) is 0 Å². The van der Waals surface area contributed by atoms with Crippen molar-refractivity contribution in [2.24, 2.45) is 0 Å². The number of phenols is 1. The number of phenolic OH excluding ortho intramolecular Hbond substituents is 1. The highest BCUT2D eigenvalue weighted by atomic mass is 16.8. The molecule has 0 fully saturated rings. The summed E-state index contributed by atoms with van der Waals surface area (Å²) in [5.74, 6) is -5.72. The number of carboxylic acid groups (broad SMARTS) is 4. The van der Waals surface area contributed by atoms with Gasteiger partial charge >= 0.3 is 29.9 Å². The van der Waals surface area contributed by atoms with Crippen LogP contribution >= 0.6 is 0 Å². The quantitative estimate of drug-likeness (QED) is 0.0821. The Morgan fingerprint density at radius 1 is 0.473 bits per heavy atom. The number of hydrogen-bond acceptors (Lipinski definition) is 8. The Morgan fingerprint density at radius 2 is 0.836 bits per heavy atom. The van der Waals surface area contributed by atoms with E-state index in [0.29, 0.717) is 11.5 Å². The molecule has 0 aromatic heterocycles. The van der Waals surface area contributed by atoms with Gasteiger partial charge in [0.2, 0.25) is 0 Å². The fourth-order valence-corrected chi connectivity index (χ4v) is 4.76. The van der Waals surface area contributed by atoms with Gasteiger partial charge in [-0.05, 0) is 95.4 Å². The number of aromatic carboxylic acids is 4. The second-order valence-corrected chi connectivity index (χ2v) is 11.6. The molecule has 7 N–H and O–H groups in total. The van der Waals surface area contributed by atoms with E-state index in [-0.39, 0.29) is 22.3 Å². The number of aromatic hydroxyl groups is 1. The van der Waals surface area contributed by atoms with Crippen LogP contribution in [-0.4, -0.2) is 65.6 Å². The minimum Gasteiger partial charge on any atom is -0.508 e. The van der Waals surface area contributed by atoms with E-state index in [1.54, 1.807) is 48.5 Å². The Morgan fingerprint density at radius 3 is 1.18 bits per heavy atom. The molecule has 0 atom stereocenters. The van der Waals surface area contributed by atoms with Gasteiger partial charge in [0.05, 0.1) is 22.3 Å². The van der Waals surface area contributed by atoms with Crippen molar-refractivity contribution < 1.29 is 59.7 Å². The van der Waals surface area contributed by atoms with Crippen LogP contribution in [-0.2, 0) is 6.42 Å². The number of rotatable bonds is 6. The maximum absolute atomic E-state index is 10.4. The van der Waals surface area contributed by atoms with E-state index in [9.17, 15) is 19.2 Å². The Bertz CT molecular complexity index is 2050. The summed E-state index contributed by atoms with van der Waals surface area (Å²) in [5, 5.41) is 60.2. The van der Waals surface area contributed by atoms with Crippen molar-refractivity contribution in [3.63, 3.8) is 0 Å². The summed E-state index contributed by atoms with van der Waals surface area (Å²) in [4.78, 5) is 41.4. The van der Waals surface area contributed by atoms with E-state index < -0.39 is 29.9 Å². The molecule has 7 rings (SSSR count). The van der Waals surface area contributed by atoms with E-state index in [4.69, 9.17) is 40.5 Å². The maximum atomic E-state index is 10.4. The summed E-state index contributed by atoms with van der Waals surface area (Å²) in [5.41, 5.74) is 5.88. The van der Waals surface area contributed by atoms with Crippen molar-refractivity contribution in [2.45, 2.75) is 19.3 Å². The Kier molecular flexibility index (Phi) is 15.8. The van der Waals surface area contributed by atoms with Crippen LogP contribution in [0.1, 0.15) is 59.5 Å². The molecule has 0 saturated heterocycles. The third kappa shape index (κ3) is 14.7. The van der Waals surface area contributed by atoms with E-state index in [0.717, 1.165) is 19.4 Å². The first kappa shape index (κ1) is 42.1. The highest BCUT2D eigenvalue weighted by Gasteiger charge is 2.17. The molecule has 0 bridgehead atoms. The number of aliphatic hydroxyl groups is 2. The maximum Gasteiger partial charge on any atom is 0.335 e. The molecule has 12 nitrogen and oxygen atoms in total. The van der Waals surface area contributed by atoms with Crippen LogP contribution in [0.2, 0.25) is 0 Å². The summed E-state index contributed by atoms with van der Waals surface area (Å²) < 4.78 is 4.71. The van der Waals surface area contributed by atoms with E-state index in [1.165, 1.54) is 64.7 Å². The zero-order valence-corrected chi connectivity index (χ0v) is 29.4. The monoisotopic (exact) mass is 746 g/mol. The molecule has 6 aromatic rings. The topological polar surface area (TPSA) is 219 Å². The van der Waals surface area contributed by atoms with Crippen molar-refractivity contribution in [1.29, 1.82) is 0 Å². The highest BCUT2D eigenvalue weighted by Crippen LogP contribution is 2.35. The van der Waals surface area contributed by atoms with Crippen LogP contribution in [0.4, 0.5) is 0 Å². The lowest BCUT2D eigenvalue weighted by Crippen LogP contribution is -2.30. The predicted molar refractivity (Wildman–Crippen MR) is 203 cm³/mol. The zero-order chi connectivity index (χ0) is 40.4. The van der Waals surface area contributed by atoms with Crippen molar-refractivity contribution >= 4 is 23.9 Å². The molecular weight excluding hydrogens is 708 g/mol. The van der Waals surface area contributed by atoms with Crippen LogP contribution in [0.25, 0.3) is 11.1 Å². The molecule has 0 amide bonds. The SMILES string of the molecule is CC(O)(O)Oc1ccccc1.O=C(O)c1ccc(C(=O)O)cc1.O=C(O)c1cccc(C(=O)O)c1.Oc1ccccc1.c1ccc2c(c1)Cc1ccccc1-2. The molecule has 282 valence electrons. The molecule has 55 heavy (non-hydrogen) atoms. The molecule has 1 aliphatic carbocycles. The van der Waals surface area contributed by atoms with Gasteiger partial charge in [-0.2, -0.15) is 0 Å². The van der Waals surface area contributed by atoms with Crippen molar-refractivity contribution in [3.8, 4) is 22.6 Å². The lowest BCUT2D eigenvalue weighted by molar-refractivity contribution is -0.277. The normalized spacial score (nSPS) is 10.3. The van der Waals surface area contributed by atoms with E-state index in [2.05, 4.69) is 48.5 Å². The molecule has 0 heterocycles. The van der Waals surface area contributed by atoms with E-state index in [1.807, 2.05) is 12.1 Å². The third-order valence-electron chi connectivity index (χ3n) is 7.25.